The quantitative estimate of drug-likeness (QED) is 0.240. The van der Waals surface area contributed by atoms with Crippen LogP contribution in [-0.2, 0) is 32.6 Å². The van der Waals surface area contributed by atoms with E-state index in [0.717, 1.165) is 26.2 Å². The number of nitrogens with one attached hydrogen (secondary N) is 1. The van der Waals surface area contributed by atoms with E-state index in [9.17, 15) is 18.0 Å². The number of carbonyl (C=O) groups is 2. The van der Waals surface area contributed by atoms with Crippen LogP contribution in [0.25, 0.3) is 0 Å². The van der Waals surface area contributed by atoms with Gasteiger partial charge in [-0.25, -0.2) is 8.42 Å². The monoisotopic (exact) mass is 681 g/mol. The number of rotatable bonds is 12. The van der Waals surface area contributed by atoms with E-state index in [4.69, 9.17) is 23.2 Å². The van der Waals surface area contributed by atoms with Gasteiger partial charge in [-0.05, 0) is 67.3 Å². The third kappa shape index (κ3) is 9.20. The normalized spacial score (nSPS) is 12.9. The number of aryl methyl sites for hydroxylation is 1. The molecule has 0 aliphatic carbocycles. The van der Waals surface area contributed by atoms with Gasteiger partial charge in [-0.2, -0.15) is 0 Å². The number of benzene rings is 3. The van der Waals surface area contributed by atoms with Crippen LogP contribution < -0.4 is 9.62 Å². The number of hydrogen-bond donors (Lipinski definition) is 1. The SMILES string of the molecule is CC[C@H](C)NC(=O)[C@H](Cc1ccccc1)N(Cc1ccc(Cl)c(Cl)c1)C(=O)CN(c1ccc(Br)c(C)c1)S(C)(=O)=O. The van der Waals surface area contributed by atoms with Crippen molar-refractivity contribution in [1.82, 2.24) is 10.2 Å². The van der Waals surface area contributed by atoms with Gasteiger partial charge in [-0.1, -0.05) is 82.5 Å². The molecule has 7 nitrogen and oxygen atoms in total. The highest BCUT2D eigenvalue weighted by Crippen LogP contribution is 2.27. The molecule has 0 aromatic heterocycles. The van der Waals surface area contributed by atoms with E-state index < -0.39 is 28.5 Å². The molecule has 0 heterocycles. The fourth-order valence-corrected chi connectivity index (χ4v) is 5.64. The molecule has 0 aliphatic heterocycles. The molecule has 11 heteroatoms. The zero-order valence-corrected chi connectivity index (χ0v) is 27.3. The Morgan fingerprint density at radius 3 is 2.24 bits per heavy atom. The van der Waals surface area contributed by atoms with Crippen molar-refractivity contribution in [3.63, 3.8) is 0 Å². The topological polar surface area (TPSA) is 86.8 Å². The molecule has 3 rings (SSSR count). The van der Waals surface area contributed by atoms with Gasteiger partial charge in [0.25, 0.3) is 0 Å². The molecule has 2 amide bonds. The van der Waals surface area contributed by atoms with E-state index >= 15 is 0 Å². The van der Waals surface area contributed by atoms with Crippen molar-refractivity contribution < 1.29 is 18.0 Å². The lowest BCUT2D eigenvalue weighted by Crippen LogP contribution is -2.54. The molecule has 0 aliphatic rings. The molecule has 0 unspecified atom stereocenters. The Hall–Kier alpha value is -2.59. The van der Waals surface area contributed by atoms with Gasteiger partial charge >= 0.3 is 0 Å². The number of carbonyl (C=O) groups excluding carboxylic acids is 2. The second kappa shape index (κ2) is 14.5. The maximum Gasteiger partial charge on any atom is 0.244 e. The first kappa shape index (κ1) is 32.9. The summed E-state index contributed by atoms with van der Waals surface area (Å²) >= 11 is 15.8. The fraction of sp³-hybridized carbons (Fsp3) is 0.333. The van der Waals surface area contributed by atoms with Crippen LogP contribution >= 0.6 is 39.1 Å². The molecule has 0 saturated heterocycles. The highest BCUT2D eigenvalue weighted by Gasteiger charge is 2.33. The Bertz CT molecular complexity index is 1490. The number of sulfonamides is 1. The van der Waals surface area contributed by atoms with Gasteiger partial charge in [0.05, 0.1) is 22.0 Å². The molecule has 0 saturated carbocycles. The molecule has 1 N–H and O–H groups in total. The summed E-state index contributed by atoms with van der Waals surface area (Å²) in [7, 11) is -3.86. The molecular formula is C30H34BrCl2N3O4S. The van der Waals surface area contributed by atoms with Crippen LogP contribution in [-0.4, -0.2) is 50.0 Å². The van der Waals surface area contributed by atoms with Crippen molar-refractivity contribution in [1.29, 1.82) is 0 Å². The van der Waals surface area contributed by atoms with E-state index in [1.165, 1.54) is 4.90 Å². The van der Waals surface area contributed by atoms with Crippen molar-refractivity contribution in [3.8, 4) is 0 Å². The summed E-state index contributed by atoms with van der Waals surface area (Å²) in [6, 6.07) is 18.4. The lowest BCUT2D eigenvalue weighted by atomic mass is 10.0. The maximum absolute atomic E-state index is 14.1. The Morgan fingerprint density at radius 2 is 1.66 bits per heavy atom. The molecule has 3 aromatic carbocycles. The van der Waals surface area contributed by atoms with Gasteiger partial charge in [-0.3, -0.25) is 13.9 Å². The Balaban J connectivity index is 2.09. The van der Waals surface area contributed by atoms with Crippen molar-refractivity contribution in [2.24, 2.45) is 0 Å². The predicted molar refractivity (Wildman–Crippen MR) is 170 cm³/mol. The maximum atomic E-state index is 14.1. The van der Waals surface area contributed by atoms with Crippen LogP contribution in [0.4, 0.5) is 5.69 Å². The van der Waals surface area contributed by atoms with E-state index in [0.29, 0.717) is 27.7 Å². The number of anilines is 1. The molecular weight excluding hydrogens is 649 g/mol. The minimum atomic E-state index is -3.86. The summed E-state index contributed by atoms with van der Waals surface area (Å²) in [5.74, 6) is -0.871. The lowest BCUT2D eigenvalue weighted by Gasteiger charge is -2.34. The molecule has 0 radical (unpaired) electrons. The standard InChI is InChI=1S/C30H34BrCl2N3O4S/c1-5-21(3)34-30(38)28(17-22-9-7-6-8-10-22)35(18-23-11-14-26(32)27(33)16-23)29(37)19-36(41(4,39)40)24-12-13-25(31)20(2)15-24/h6-16,21,28H,5,17-19H2,1-4H3,(H,34,38)/t21-,28-/m0/s1. The van der Waals surface area contributed by atoms with Gasteiger partial charge in [0.15, 0.2) is 0 Å². The molecule has 0 bridgehead atoms. The number of nitrogens with zero attached hydrogens (tertiary/aromatic N) is 2. The molecule has 0 spiro atoms. The zero-order chi connectivity index (χ0) is 30.3. The van der Waals surface area contributed by atoms with Crippen LogP contribution in [0.1, 0.15) is 37.0 Å². The van der Waals surface area contributed by atoms with Gasteiger partial charge in [0, 0.05) is 23.5 Å². The third-order valence-corrected chi connectivity index (χ3v) is 9.49. The van der Waals surface area contributed by atoms with Gasteiger partial charge in [0.1, 0.15) is 12.6 Å². The van der Waals surface area contributed by atoms with E-state index in [1.807, 2.05) is 51.1 Å². The average molecular weight is 683 g/mol. The molecule has 220 valence electrons. The van der Waals surface area contributed by atoms with Crippen molar-refractivity contribution in [2.45, 2.75) is 52.2 Å². The minimum Gasteiger partial charge on any atom is -0.352 e. The summed E-state index contributed by atoms with van der Waals surface area (Å²) in [5.41, 5.74) is 2.66. The lowest BCUT2D eigenvalue weighted by molar-refractivity contribution is -0.140. The highest BCUT2D eigenvalue weighted by atomic mass is 79.9. The summed E-state index contributed by atoms with van der Waals surface area (Å²) in [6.07, 6.45) is 1.99. The van der Waals surface area contributed by atoms with Crippen molar-refractivity contribution in [2.75, 3.05) is 17.1 Å². The summed E-state index contributed by atoms with van der Waals surface area (Å²) in [4.78, 5) is 29.3. The summed E-state index contributed by atoms with van der Waals surface area (Å²) in [6.45, 7) is 5.20. The highest BCUT2D eigenvalue weighted by molar-refractivity contribution is 9.10. The molecule has 3 aromatic rings. The predicted octanol–water partition coefficient (Wildman–Crippen LogP) is 6.39. The second-order valence-corrected chi connectivity index (χ2v) is 13.6. The first-order valence-electron chi connectivity index (χ1n) is 13.1. The summed E-state index contributed by atoms with van der Waals surface area (Å²) < 4.78 is 27.7. The molecule has 0 fully saturated rings. The van der Waals surface area contributed by atoms with Gasteiger partial charge in [-0.15, -0.1) is 0 Å². The van der Waals surface area contributed by atoms with E-state index in [1.54, 1.807) is 36.4 Å². The number of amides is 2. The van der Waals surface area contributed by atoms with E-state index in [-0.39, 0.29) is 24.9 Å². The summed E-state index contributed by atoms with van der Waals surface area (Å²) in [5, 5.41) is 3.67. The van der Waals surface area contributed by atoms with Crippen molar-refractivity contribution >= 4 is 66.7 Å². The zero-order valence-electron chi connectivity index (χ0n) is 23.4. The number of hydrogen-bond acceptors (Lipinski definition) is 4. The fourth-order valence-electron chi connectivity index (χ4n) is 4.23. The molecule has 41 heavy (non-hydrogen) atoms. The van der Waals surface area contributed by atoms with Crippen LogP contribution in [0.3, 0.4) is 0 Å². The van der Waals surface area contributed by atoms with Gasteiger partial charge < -0.3 is 10.2 Å². The Labute approximate surface area is 261 Å². The van der Waals surface area contributed by atoms with Crippen molar-refractivity contribution in [3.05, 3.63) is 97.9 Å². The average Bonchev–Trinajstić information content (AvgIpc) is 2.92. The Kier molecular flexibility index (Phi) is 11.7. The van der Waals surface area contributed by atoms with Crippen LogP contribution in [0.15, 0.2) is 71.2 Å². The minimum absolute atomic E-state index is 0.0120. The third-order valence-electron chi connectivity index (χ3n) is 6.72. The molecule has 2 atom stereocenters. The van der Waals surface area contributed by atoms with E-state index in [2.05, 4.69) is 21.2 Å². The first-order chi connectivity index (χ1) is 19.3. The largest absolute Gasteiger partial charge is 0.352 e. The van der Waals surface area contributed by atoms with Crippen LogP contribution in [0.2, 0.25) is 10.0 Å². The first-order valence-corrected chi connectivity index (χ1v) is 16.5. The number of halogens is 3. The van der Waals surface area contributed by atoms with Crippen LogP contribution in [0, 0.1) is 6.92 Å². The van der Waals surface area contributed by atoms with Crippen LogP contribution in [0.5, 0.6) is 0 Å². The second-order valence-electron chi connectivity index (χ2n) is 10.00. The van der Waals surface area contributed by atoms with Gasteiger partial charge in [0.2, 0.25) is 21.8 Å². The smallest absolute Gasteiger partial charge is 0.244 e. The Morgan fingerprint density at radius 1 is 0.976 bits per heavy atom.